The van der Waals surface area contributed by atoms with Crippen LogP contribution in [-0.4, -0.2) is 29.3 Å². The molecule has 21 heavy (non-hydrogen) atoms. The van der Waals surface area contributed by atoms with E-state index in [0.29, 0.717) is 6.61 Å². The van der Waals surface area contributed by atoms with Crippen LogP contribution in [0, 0.1) is 0 Å². The number of hydrogen-bond acceptors (Lipinski definition) is 3. The van der Waals surface area contributed by atoms with Gasteiger partial charge in [0.25, 0.3) is 0 Å². The quantitative estimate of drug-likeness (QED) is 0.644. The standard InChI is InChI=1S/C13H23F3N2O2Si/c1-12(2,19)10-8-18(11(17-10)13(14,15)16)9-20-6-7-21(3,4)5/h8,19H,6-7,9H2,1-5H3. The van der Waals surface area contributed by atoms with Gasteiger partial charge in [0, 0.05) is 20.9 Å². The summed E-state index contributed by atoms with van der Waals surface area (Å²) in [5, 5.41) is 9.79. The summed E-state index contributed by atoms with van der Waals surface area (Å²) in [7, 11) is -1.28. The van der Waals surface area contributed by atoms with Crippen molar-refractivity contribution in [1.82, 2.24) is 9.55 Å². The molecular formula is C13H23F3N2O2Si. The number of hydrogen-bond donors (Lipinski definition) is 1. The van der Waals surface area contributed by atoms with Crippen molar-refractivity contribution in [2.75, 3.05) is 6.61 Å². The van der Waals surface area contributed by atoms with E-state index in [-0.39, 0.29) is 12.4 Å². The van der Waals surface area contributed by atoms with Crippen molar-refractivity contribution in [1.29, 1.82) is 0 Å². The lowest BCUT2D eigenvalue weighted by Gasteiger charge is -2.16. The highest BCUT2D eigenvalue weighted by molar-refractivity contribution is 6.76. The number of aromatic nitrogens is 2. The van der Waals surface area contributed by atoms with Crippen LogP contribution in [0.1, 0.15) is 25.4 Å². The Morgan fingerprint density at radius 2 is 1.86 bits per heavy atom. The predicted octanol–water partition coefficient (Wildman–Crippen LogP) is 3.44. The van der Waals surface area contributed by atoms with Gasteiger partial charge in [-0.3, -0.25) is 0 Å². The molecule has 1 aromatic heterocycles. The summed E-state index contributed by atoms with van der Waals surface area (Å²) >= 11 is 0. The van der Waals surface area contributed by atoms with E-state index in [0.717, 1.165) is 10.6 Å². The summed E-state index contributed by atoms with van der Waals surface area (Å²) in [6.07, 6.45) is -3.39. The van der Waals surface area contributed by atoms with Gasteiger partial charge in [-0.1, -0.05) is 19.6 Å². The highest BCUT2D eigenvalue weighted by Crippen LogP contribution is 2.31. The number of aliphatic hydroxyl groups is 1. The van der Waals surface area contributed by atoms with Crippen LogP contribution in [0.15, 0.2) is 6.20 Å². The van der Waals surface area contributed by atoms with Crippen LogP contribution >= 0.6 is 0 Å². The van der Waals surface area contributed by atoms with E-state index >= 15 is 0 Å². The Labute approximate surface area is 124 Å². The van der Waals surface area contributed by atoms with E-state index in [2.05, 4.69) is 24.6 Å². The lowest BCUT2D eigenvalue weighted by molar-refractivity contribution is -0.149. The molecule has 0 radical (unpaired) electrons. The molecular weight excluding hydrogens is 301 g/mol. The van der Waals surface area contributed by atoms with Gasteiger partial charge in [0.1, 0.15) is 12.3 Å². The molecule has 1 aromatic rings. The molecule has 0 saturated heterocycles. The Balaban J connectivity index is 2.83. The largest absolute Gasteiger partial charge is 0.449 e. The van der Waals surface area contributed by atoms with Gasteiger partial charge in [0.15, 0.2) is 0 Å². The fourth-order valence-electron chi connectivity index (χ4n) is 1.58. The van der Waals surface area contributed by atoms with Crippen molar-refractivity contribution in [2.45, 2.75) is 58.0 Å². The lowest BCUT2D eigenvalue weighted by Crippen LogP contribution is -2.22. The second-order valence-corrected chi connectivity index (χ2v) is 12.4. The van der Waals surface area contributed by atoms with E-state index in [1.165, 1.54) is 20.0 Å². The minimum atomic E-state index is -4.58. The number of rotatable bonds is 6. The van der Waals surface area contributed by atoms with E-state index < -0.39 is 25.7 Å². The van der Waals surface area contributed by atoms with Gasteiger partial charge < -0.3 is 14.4 Å². The second kappa shape index (κ2) is 6.10. The molecule has 0 aliphatic heterocycles. The summed E-state index contributed by atoms with van der Waals surface area (Å²) in [4.78, 5) is 3.50. The van der Waals surface area contributed by atoms with Crippen LogP contribution in [-0.2, 0) is 23.2 Å². The van der Waals surface area contributed by atoms with Crippen molar-refractivity contribution >= 4 is 8.07 Å². The van der Waals surface area contributed by atoms with Gasteiger partial charge in [-0.2, -0.15) is 13.2 Å². The first-order chi connectivity index (χ1) is 9.31. The molecule has 0 amide bonds. The summed E-state index contributed by atoms with van der Waals surface area (Å²) < 4.78 is 45.0. The molecule has 0 unspecified atom stereocenters. The third-order valence-corrected chi connectivity index (χ3v) is 4.59. The number of nitrogens with zero attached hydrogens (tertiary/aromatic N) is 2. The van der Waals surface area contributed by atoms with Crippen molar-refractivity contribution in [2.24, 2.45) is 0 Å². The maximum atomic E-state index is 12.9. The van der Waals surface area contributed by atoms with E-state index in [4.69, 9.17) is 4.74 Å². The summed E-state index contributed by atoms with van der Waals surface area (Å²) in [5.74, 6) is -1.05. The van der Waals surface area contributed by atoms with Crippen molar-refractivity contribution < 1.29 is 23.0 Å². The molecule has 0 saturated carbocycles. The topological polar surface area (TPSA) is 47.3 Å². The molecule has 0 aliphatic carbocycles. The molecule has 4 nitrogen and oxygen atoms in total. The maximum absolute atomic E-state index is 12.9. The number of halogens is 3. The molecule has 0 atom stereocenters. The van der Waals surface area contributed by atoms with Gasteiger partial charge in [0.05, 0.1) is 5.69 Å². The third kappa shape index (κ3) is 5.80. The van der Waals surface area contributed by atoms with Crippen molar-refractivity contribution in [3.8, 4) is 0 Å². The summed E-state index contributed by atoms with van der Waals surface area (Å²) in [6, 6.07) is 0.876. The highest BCUT2D eigenvalue weighted by atomic mass is 28.3. The molecule has 1 N–H and O–H groups in total. The Morgan fingerprint density at radius 3 is 2.29 bits per heavy atom. The normalized spacial score (nSPS) is 13.8. The SMILES string of the molecule is CC(C)(O)c1cn(COCC[Si](C)(C)C)c(C(F)(F)F)n1. The monoisotopic (exact) mass is 324 g/mol. The van der Waals surface area contributed by atoms with E-state index in [1.807, 2.05) is 0 Å². The Bertz CT molecular complexity index is 473. The molecule has 0 aromatic carbocycles. The number of ether oxygens (including phenoxy) is 1. The molecule has 0 spiro atoms. The van der Waals surface area contributed by atoms with Crippen LogP contribution in [0.25, 0.3) is 0 Å². The van der Waals surface area contributed by atoms with Crippen molar-refractivity contribution in [3.63, 3.8) is 0 Å². The van der Waals surface area contributed by atoms with Crippen LogP contribution in [0.3, 0.4) is 0 Å². The minimum absolute atomic E-state index is 0.0244. The average molecular weight is 324 g/mol. The van der Waals surface area contributed by atoms with E-state index in [1.54, 1.807) is 0 Å². The third-order valence-electron chi connectivity index (χ3n) is 2.88. The predicted molar refractivity (Wildman–Crippen MR) is 76.6 cm³/mol. The van der Waals surface area contributed by atoms with Gasteiger partial charge >= 0.3 is 6.18 Å². The van der Waals surface area contributed by atoms with Crippen LogP contribution in [0.5, 0.6) is 0 Å². The molecule has 1 heterocycles. The molecule has 122 valence electrons. The van der Waals surface area contributed by atoms with Gasteiger partial charge in [-0.25, -0.2) is 4.98 Å². The van der Waals surface area contributed by atoms with Crippen LogP contribution < -0.4 is 0 Å². The summed E-state index contributed by atoms with van der Waals surface area (Å²) in [5.41, 5.74) is -1.45. The van der Waals surface area contributed by atoms with Gasteiger partial charge in [0.2, 0.25) is 5.82 Å². The second-order valence-electron chi connectivity index (χ2n) is 6.82. The lowest BCUT2D eigenvalue weighted by atomic mass is 10.1. The van der Waals surface area contributed by atoms with Crippen LogP contribution in [0.4, 0.5) is 13.2 Å². The zero-order valence-electron chi connectivity index (χ0n) is 13.1. The molecule has 0 bridgehead atoms. The van der Waals surface area contributed by atoms with Crippen molar-refractivity contribution in [3.05, 3.63) is 17.7 Å². The Hall–Kier alpha value is -0.863. The highest BCUT2D eigenvalue weighted by Gasteiger charge is 2.38. The van der Waals surface area contributed by atoms with Gasteiger partial charge in [-0.05, 0) is 19.9 Å². The molecule has 0 fully saturated rings. The molecule has 0 aliphatic rings. The first kappa shape index (κ1) is 18.2. The maximum Gasteiger partial charge on any atom is 0.449 e. The van der Waals surface area contributed by atoms with E-state index in [9.17, 15) is 18.3 Å². The van der Waals surface area contributed by atoms with Gasteiger partial charge in [-0.15, -0.1) is 0 Å². The smallest absolute Gasteiger partial charge is 0.384 e. The number of imidazole rings is 1. The Morgan fingerprint density at radius 1 is 1.29 bits per heavy atom. The number of alkyl halides is 3. The first-order valence-electron chi connectivity index (χ1n) is 6.76. The van der Waals surface area contributed by atoms with Crippen LogP contribution in [0.2, 0.25) is 25.7 Å². The molecule has 1 rings (SSSR count). The fraction of sp³-hybridized carbons (Fsp3) is 0.769. The zero-order valence-corrected chi connectivity index (χ0v) is 14.1. The average Bonchev–Trinajstić information content (AvgIpc) is 2.66. The summed E-state index contributed by atoms with van der Waals surface area (Å²) in [6.45, 7) is 9.49. The first-order valence-corrected chi connectivity index (χ1v) is 10.5. The fourth-order valence-corrected chi connectivity index (χ4v) is 2.33. The molecule has 8 heteroatoms. The zero-order chi connectivity index (χ0) is 16.5. The Kier molecular flexibility index (Phi) is 5.28. The minimum Gasteiger partial charge on any atom is -0.384 e.